The van der Waals surface area contributed by atoms with Crippen LogP contribution in [0.1, 0.15) is 24.5 Å². The second kappa shape index (κ2) is 10.1. The highest BCUT2D eigenvalue weighted by atomic mass is 16.5. The molecule has 2 aromatic carbocycles. The minimum absolute atomic E-state index is 0.0682. The summed E-state index contributed by atoms with van der Waals surface area (Å²) >= 11 is 0. The Bertz CT molecular complexity index is 700. The molecule has 0 aliphatic rings. The van der Waals surface area contributed by atoms with Crippen LogP contribution in [-0.2, 0) is 22.6 Å². The molecule has 6 nitrogen and oxygen atoms in total. The van der Waals surface area contributed by atoms with Gasteiger partial charge in [-0.2, -0.15) is 0 Å². The van der Waals surface area contributed by atoms with Crippen LogP contribution in [-0.4, -0.2) is 29.8 Å². The van der Waals surface area contributed by atoms with Crippen LogP contribution in [0.5, 0.6) is 5.75 Å². The van der Waals surface area contributed by atoms with Crippen LogP contribution in [0.25, 0.3) is 0 Å². The van der Waals surface area contributed by atoms with Gasteiger partial charge in [-0.15, -0.1) is 0 Å². The van der Waals surface area contributed by atoms with E-state index in [1.165, 1.54) is 5.56 Å². The molecular weight excluding hydrogens is 334 g/mol. The van der Waals surface area contributed by atoms with Gasteiger partial charge in [0, 0.05) is 0 Å². The number of carboxylic acids is 1. The summed E-state index contributed by atoms with van der Waals surface area (Å²) in [5.41, 5.74) is 2.01. The van der Waals surface area contributed by atoms with Crippen LogP contribution in [0.4, 0.5) is 4.79 Å². The third-order valence-electron chi connectivity index (χ3n) is 3.68. The van der Waals surface area contributed by atoms with Crippen molar-refractivity contribution in [3.63, 3.8) is 0 Å². The van der Waals surface area contributed by atoms with Gasteiger partial charge >= 0.3 is 12.1 Å². The average Bonchev–Trinajstić information content (AvgIpc) is 2.65. The number of rotatable bonds is 9. The first-order valence-electron chi connectivity index (χ1n) is 8.50. The molecule has 1 amide bonds. The third kappa shape index (κ3) is 6.47. The lowest BCUT2D eigenvalue weighted by Gasteiger charge is -2.15. The second-order valence-corrected chi connectivity index (χ2v) is 5.80. The lowest BCUT2D eigenvalue weighted by atomic mass is 10.1. The van der Waals surface area contributed by atoms with E-state index in [-0.39, 0.29) is 13.2 Å². The SMILES string of the molecule is CCCc1ccc(OCC(NC(=O)OCc2ccccc2)C(=O)O)cc1. The van der Waals surface area contributed by atoms with E-state index in [0.29, 0.717) is 5.75 Å². The summed E-state index contributed by atoms with van der Waals surface area (Å²) in [6, 6.07) is 15.4. The van der Waals surface area contributed by atoms with Gasteiger partial charge in [-0.3, -0.25) is 0 Å². The zero-order valence-corrected chi connectivity index (χ0v) is 14.7. The van der Waals surface area contributed by atoms with Crippen LogP contribution in [0.2, 0.25) is 0 Å². The molecular formula is C20H23NO5. The molecule has 1 unspecified atom stereocenters. The van der Waals surface area contributed by atoms with Gasteiger partial charge < -0.3 is 19.9 Å². The standard InChI is InChI=1S/C20H23NO5/c1-2-6-15-9-11-17(12-10-15)25-14-18(19(22)23)21-20(24)26-13-16-7-4-3-5-8-16/h3-5,7-12,18H,2,6,13-14H2,1H3,(H,21,24)(H,22,23). The van der Waals surface area contributed by atoms with E-state index in [4.69, 9.17) is 9.47 Å². The Morgan fingerprint density at radius 3 is 2.35 bits per heavy atom. The van der Waals surface area contributed by atoms with Crippen molar-refractivity contribution in [2.24, 2.45) is 0 Å². The zero-order chi connectivity index (χ0) is 18.8. The Labute approximate surface area is 152 Å². The fourth-order valence-corrected chi connectivity index (χ4v) is 2.30. The predicted molar refractivity (Wildman–Crippen MR) is 97.1 cm³/mol. The van der Waals surface area contributed by atoms with Crippen molar-refractivity contribution in [1.29, 1.82) is 0 Å². The van der Waals surface area contributed by atoms with E-state index in [0.717, 1.165) is 18.4 Å². The van der Waals surface area contributed by atoms with E-state index < -0.39 is 18.1 Å². The maximum absolute atomic E-state index is 11.8. The van der Waals surface area contributed by atoms with Crippen LogP contribution >= 0.6 is 0 Å². The second-order valence-electron chi connectivity index (χ2n) is 5.80. The molecule has 0 aromatic heterocycles. The number of carbonyl (C=O) groups excluding carboxylic acids is 1. The molecule has 0 saturated carbocycles. The largest absolute Gasteiger partial charge is 0.491 e. The molecule has 2 N–H and O–H groups in total. The third-order valence-corrected chi connectivity index (χ3v) is 3.68. The van der Waals surface area contributed by atoms with Gasteiger partial charge in [0.05, 0.1) is 0 Å². The van der Waals surface area contributed by atoms with Gasteiger partial charge in [-0.25, -0.2) is 9.59 Å². The molecule has 26 heavy (non-hydrogen) atoms. The summed E-state index contributed by atoms with van der Waals surface area (Å²) in [4.78, 5) is 23.1. The van der Waals surface area contributed by atoms with Crippen molar-refractivity contribution in [2.75, 3.05) is 6.61 Å². The Balaban J connectivity index is 1.82. The number of hydrogen-bond donors (Lipinski definition) is 2. The normalized spacial score (nSPS) is 11.4. The summed E-state index contributed by atoms with van der Waals surface area (Å²) in [7, 11) is 0. The predicted octanol–water partition coefficient (Wildman–Crippen LogP) is 3.40. The molecule has 1 atom stereocenters. The lowest BCUT2D eigenvalue weighted by molar-refractivity contribution is -0.140. The number of hydrogen-bond acceptors (Lipinski definition) is 4. The van der Waals surface area contributed by atoms with Gasteiger partial charge in [0.15, 0.2) is 6.04 Å². The highest BCUT2D eigenvalue weighted by Gasteiger charge is 2.21. The lowest BCUT2D eigenvalue weighted by Crippen LogP contribution is -2.45. The van der Waals surface area contributed by atoms with E-state index in [1.807, 2.05) is 42.5 Å². The monoisotopic (exact) mass is 357 g/mol. The van der Waals surface area contributed by atoms with Crippen LogP contribution in [0.15, 0.2) is 54.6 Å². The van der Waals surface area contributed by atoms with Crippen molar-refractivity contribution in [1.82, 2.24) is 5.32 Å². The molecule has 0 aliphatic carbocycles. The molecule has 0 fully saturated rings. The Kier molecular flexibility index (Phi) is 7.49. The smallest absolute Gasteiger partial charge is 0.408 e. The Morgan fingerprint density at radius 2 is 1.73 bits per heavy atom. The van der Waals surface area contributed by atoms with Crippen LogP contribution < -0.4 is 10.1 Å². The molecule has 0 spiro atoms. The molecule has 0 radical (unpaired) electrons. The molecule has 2 rings (SSSR count). The first-order valence-corrected chi connectivity index (χ1v) is 8.50. The molecule has 0 aliphatic heterocycles. The highest BCUT2D eigenvalue weighted by molar-refractivity contribution is 5.80. The molecule has 138 valence electrons. The number of aryl methyl sites for hydroxylation is 1. The summed E-state index contributed by atoms with van der Waals surface area (Å²) in [5.74, 6) is -0.639. The molecule has 6 heteroatoms. The van der Waals surface area contributed by atoms with Crippen molar-refractivity contribution in [2.45, 2.75) is 32.4 Å². The summed E-state index contributed by atoms with van der Waals surface area (Å²) in [5, 5.41) is 11.6. The number of amides is 1. The topological polar surface area (TPSA) is 84.9 Å². The minimum Gasteiger partial charge on any atom is -0.491 e. The average molecular weight is 357 g/mol. The maximum atomic E-state index is 11.8. The van der Waals surface area contributed by atoms with Crippen molar-refractivity contribution in [3.8, 4) is 5.75 Å². The first kappa shape index (κ1) is 19.3. The van der Waals surface area contributed by atoms with E-state index >= 15 is 0 Å². The fourth-order valence-electron chi connectivity index (χ4n) is 2.30. The molecule has 0 heterocycles. The summed E-state index contributed by atoms with van der Waals surface area (Å²) in [6.45, 7) is 1.98. The van der Waals surface area contributed by atoms with Gasteiger partial charge in [0.2, 0.25) is 0 Å². The highest BCUT2D eigenvalue weighted by Crippen LogP contribution is 2.13. The number of alkyl carbamates (subject to hydrolysis) is 1. The zero-order valence-electron chi connectivity index (χ0n) is 14.7. The number of ether oxygens (including phenoxy) is 2. The fraction of sp³-hybridized carbons (Fsp3) is 0.300. The van der Waals surface area contributed by atoms with Gasteiger partial charge in [-0.1, -0.05) is 55.8 Å². The summed E-state index contributed by atoms with van der Waals surface area (Å²) < 4.78 is 10.5. The van der Waals surface area contributed by atoms with Crippen molar-refractivity contribution < 1.29 is 24.2 Å². The number of carbonyl (C=O) groups is 2. The number of benzene rings is 2. The number of nitrogens with one attached hydrogen (secondary N) is 1. The van der Waals surface area contributed by atoms with Gasteiger partial charge in [0.1, 0.15) is 19.0 Å². The van der Waals surface area contributed by atoms with E-state index in [1.54, 1.807) is 12.1 Å². The minimum atomic E-state index is -1.20. The Hall–Kier alpha value is -3.02. The quantitative estimate of drug-likeness (QED) is 0.718. The summed E-state index contributed by atoms with van der Waals surface area (Å²) in [6.07, 6.45) is 1.23. The molecule has 2 aromatic rings. The van der Waals surface area contributed by atoms with Crippen LogP contribution in [0.3, 0.4) is 0 Å². The van der Waals surface area contributed by atoms with Crippen LogP contribution in [0, 0.1) is 0 Å². The number of carboxylic acid groups (broad SMARTS) is 1. The first-order chi connectivity index (χ1) is 12.6. The number of aliphatic carboxylic acids is 1. The molecule has 0 saturated heterocycles. The maximum Gasteiger partial charge on any atom is 0.408 e. The van der Waals surface area contributed by atoms with Crippen molar-refractivity contribution in [3.05, 3.63) is 65.7 Å². The van der Waals surface area contributed by atoms with E-state index in [2.05, 4.69) is 12.2 Å². The van der Waals surface area contributed by atoms with Gasteiger partial charge in [0.25, 0.3) is 0 Å². The Morgan fingerprint density at radius 1 is 1.04 bits per heavy atom. The molecule has 0 bridgehead atoms. The van der Waals surface area contributed by atoms with Crippen molar-refractivity contribution >= 4 is 12.1 Å². The van der Waals surface area contributed by atoms with E-state index in [9.17, 15) is 14.7 Å². The van der Waals surface area contributed by atoms with Gasteiger partial charge in [-0.05, 0) is 29.7 Å².